The molecule has 0 spiro atoms. The van der Waals surface area contributed by atoms with E-state index in [0.717, 1.165) is 28.6 Å². The van der Waals surface area contributed by atoms with Gasteiger partial charge in [0.1, 0.15) is 0 Å². The zero-order valence-electron chi connectivity index (χ0n) is 15.0. The van der Waals surface area contributed by atoms with Crippen LogP contribution in [0.25, 0.3) is 12.2 Å². The molecule has 3 aromatic rings. The van der Waals surface area contributed by atoms with Crippen molar-refractivity contribution in [2.45, 2.75) is 5.37 Å². The predicted octanol–water partition coefficient (Wildman–Crippen LogP) is 5.50. The van der Waals surface area contributed by atoms with E-state index in [9.17, 15) is 9.59 Å². The number of nitrogens with zero attached hydrogens (tertiary/aromatic N) is 1. The first kappa shape index (κ1) is 18.1. The molecule has 0 saturated carbocycles. The fourth-order valence-electron chi connectivity index (χ4n) is 2.91. The molecule has 2 amide bonds. The number of hydrogen-bond donors (Lipinski definition) is 1. The molecule has 4 nitrogen and oxygen atoms in total. The Balaban J connectivity index is 1.43. The molecule has 0 aliphatic carbocycles. The number of amides is 2. The van der Waals surface area contributed by atoms with Crippen molar-refractivity contribution in [3.05, 3.63) is 96.1 Å². The predicted molar refractivity (Wildman–Crippen MR) is 116 cm³/mol. The number of hydrogen-bond acceptors (Lipinski definition) is 4. The van der Waals surface area contributed by atoms with Gasteiger partial charge in [-0.1, -0.05) is 72.8 Å². The lowest BCUT2D eigenvalue weighted by Gasteiger charge is -2.14. The van der Waals surface area contributed by atoms with E-state index < -0.39 is 5.37 Å². The highest BCUT2D eigenvalue weighted by atomic mass is 32.2. The van der Waals surface area contributed by atoms with Crippen LogP contribution in [0.3, 0.4) is 0 Å². The monoisotopic (exact) mass is 386 g/mol. The van der Waals surface area contributed by atoms with E-state index in [4.69, 9.17) is 0 Å². The number of anilines is 2. The van der Waals surface area contributed by atoms with Crippen LogP contribution in [0, 0.1) is 0 Å². The molecule has 0 aromatic heterocycles. The number of carbonyl (C=O) groups is 2. The molecular weight excluding hydrogens is 368 g/mol. The van der Waals surface area contributed by atoms with Crippen LogP contribution in [0.1, 0.15) is 11.1 Å². The van der Waals surface area contributed by atoms with Gasteiger partial charge in [0.2, 0.25) is 0 Å². The normalized spacial score (nSPS) is 16.7. The van der Waals surface area contributed by atoms with Crippen molar-refractivity contribution < 1.29 is 9.59 Å². The molecule has 0 bridgehead atoms. The second-order valence-corrected chi connectivity index (χ2v) is 7.34. The van der Waals surface area contributed by atoms with Gasteiger partial charge in [0.05, 0.1) is 5.69 Å². The molecule has 28 heavy (non-hydrogen) atoms. The minimum Gasteiger partial charge on any atom is -0.365 e. The molecule has 4 rings (SSSR count). The Bertz CT molecular complexity index is 1000. The van der Waals surface area contributed by atoms with Crippen LogP contribution in [-0.4, -0.2) is 16.5 Å². The zero-order chi connectivity index (χ0) is 19.3. The van der Waals surface area contributed by atoms with Crippen LogP contribution in [0.2, 0.25) is 0 Å². The van der Waals surface area contributed by atoms with Crippen LogP contribution in [-0.2, 0) is 4.79 Å². The highest BCUT2D eigenvalue weighted by Crippen LogP contribution is 2.32. The summed E-state index contributed by atoms with van der Waals surface area (Å²) in [5.41, 5.74) is 3.58. The zero-order valence-corrected chi connectivity index (χ0v) is 15.8. The summed E-state index contributed by atoms with van der Waals surface area (Å²) in [5.74, 6) is -0.255. The summed E-state index contributed by atoms with van der Waals surface area (Å²) in [5, 5.41) is 2.25. The lowest BCUT2D eigenvalue weighted by Crippen LogP contribution is -2.34. The first-order valence-corrected chi connectivity index (χ1v) is 9.78. The first-order chi connectivity index (χ1) is 13.7. The number of thioether (sulfide) groups is 1. The summed E-state index contributed by atoms with van der Waals surface area (Å²) in [7, 11) is 0. The Kier molecular flexibility index (Phi) is 5.26. The molecule has 3 aromatic carbocycles. The molecule has 0 radical (unpaired) electrons. The lowest BCUT2D eigenvalue weighted by molar-refractivity contribution is -0.116. The van der Waals surface area contributed by atoms with E-state index in [1.807, 2.05) is 78.9 Å². The van der Waals surface area contributed by atoms with E-state index in [1.165, 1.54) is 4.90 Å². The maximum Gasteiger partial charge on any atom is 0.295 e. The largest absolute Gasteiger partial charge is 0.365 e. The second kappa shape index (κ2) is 8.15. The maximum absolute atomic E-state index is 12.7. The Labute approximate surface area is 167 Å². The van der Waals surface area contributed by atoms with E-state index >= 15 is 0 Å². The summed E-state index contributed by atoms with van der Waals surface area (Å²) >= 11 is 0.996. The average molecular weight is 386 g/mol. The Morgan fingerprint density at radius 1 is 0.750 bits per heavy atom. The summed E-state index contributed by atoms with van der Waals surface area (Å²) in [6, 6.07) is 26.8. The fraction of sp³-hybridized carbons (Fsp3) is 0.0435. The van der Waals surface area contributed by atoms with E-state index in [2.05, 4.69) is 11.4 Å². The van der Waals surface area contributed by atoms with Gasteiger partial charge in [0.25, 0.3) is 11.1 Å². The molecule has 1 atom stereocenters. The second-order valence-electron chi connectivity index (χ2n) is 6.28. The molecule has 1 saturated heterocycles. The SMILES string of the molecule is O=C1SC(Nc2ccc(/C=C/c3ccccc3)cc2)C(=O)N1c1ccccc1. The molecule has 1 heterocycles. The topological polar surface area (TPSA) is 49.4 Å². The molecule has 1 N–H and O–H groups in total. The highest BCUT2D eigenvalue weighted by Gasteiger charge is 2.40. The third-order valence-electron chi connectivity index (χ3n) is 4.34. The quantitative estimate of drug-likeness (QED) is 0.589. The van der Waals surface area contributed by atoms with Gasteiger partial charge in [-0.05, 0) is 47.2 Å². The van der Waals surface area contributed by atoms with Crippen molar-refractivity contribution in [3.63, 3.8) is 0 Å². The van der Waals surface area contributed by atoms with Crippen molar-refractivity contribution in [1.29, 1.82) is 0 Å². The van der Waals surface area contributed by atoms with Crippen LogP contribution in [0.4, 0.5) is 16.2 Å². The minimum atomic E-state index is -0.626. The molecule has 1 unspecified atom stereocenters. The number of nitrogens with one attached hydrogen (secondary N) is 1. The van der Waals surface area contributed by atoms with E-state index in [1.54, 1.807) is 12.1 Å². The van der Waals surface area contributed by atoms with Gasteiger partial charge in [0.15, 0.2) is 5.37 Å². The number of rotatable bonds is 5. The van der Waals surface area contributed by atoms with Crippen LogP contribution >= 0.6 is 11.8 Å². The number of benzene rings is 3. The van der Waals surface area contributed by atoms with Gasteiger partial charge in [0, 0.05) is 5.69 Å². The van der Waals surface area contributed by atoms with Gasteiger partial charge in [-0.3, -0.25) is 9.59 Å². The summed E-state index contributed by atoms with van der Waals surface area (Å²) in [6.45, 7) is 0. The average Bonchev–Trinajstić information content (AvgIpc) is 3.02. The molecule has 1 fully saturated rings. The standard InChI is InChI=1S/C23H18N2O2S/c26-22-21(28-23(27)25(22)20-9-5-2-6-10-20)24-19-15-13-18(14-16-19)12-11-17-7-3-1-4-8-17/h1-16,21,24H/b12-11+. The van der Waals surface area contributed by atoms with E-state index in [0.29, 0.717) is 5.69 Å². The van der Waals surface area contributed by atoms with Crippen molar-refractivity contribution in [2.75, 3.05) is 10.2 Å². The third-order valence-corrected chi connectivity index (χ3v) is 5.28. The van der Waals surface area contributed by atoms with Gasteiger partial charge in [-0.2, -0.15) is 0 Å². The van der Waals surface area contributed by atoms with Crippen molar-refractivity contribution in [3.8, 4) is 0 Å². The molecule has 1 aliphatic rings. The van der Waals surface area contributed by atoms with Crippen molar-refractivity contribution in [2.24, 2.45) is 0 Å². The fourth-order valence-corrected chi connectivity index (χ4v) is 3.81. The van der Waals surface area contributed by atoms with Gasteiger partial charge >= 0.3 is 0 Å². The molecule has 138 valence electrons. The van der Waals surface area contributed by atoms with Crippen molar-refractivity contribution >= 4 is 46.4 Å². The van der Waals surface area contributed by atoms with E-state index in [-0.39, 0.29) is 11.1 Å². The van der Waals surface area contributed by atoms with Gasteiger partial charge < -0.3 is 5.32 Å². The van der Waals surface area contributed by atoms with Gasteiger partial charge in [-0.15, -0.1) is 0 Å². The third kappa shape index (κ3) is 4.00. The highest BCUT2D eigenvalue weighted by molar-refractivity contribution is 8.16. The summed E-state index contributed by atoms with van der Waals surface area (Å²) in [6.07, 6.45) is 4.09. The Hall–Kier alpha value is -3.31. The maximum atomic E-state index is 12.7. The Morgan fingerprint density at radius 3 is 1.96 bits per heavy atom. The molecular formula is C23H18N2O2S. The minimum absolute atomic E-state index is 0.255. The van der Waals surface area contributed by atoms with Crippen LogP contribution in [0.5, 0.6) is 0 Å². The van der Waals surface area contributed by atoms with Crippen LogP contribution in [0.15, 0.2) is 84.9 Å². The van der Waals surface area contributed by atoms with Gasteiger partial charge in [-0.25, -0.2) is 4.90 Å². The Morgan fingerprint density at radius 2 is 1.32 bits per heavy atom. The number of para-hydroxylation sites is 1. The van der Waals surface area contributed by atoms with Crippen molar-refractivity contribution in [1.82, 2.24) is 0 Å². The smallest absolute Gasteiger partial charge is 0.295 e. The molecule has 5 heteroatoms. The summed E-state index contributed by atoms with van der Waals surface area (Å²) < 4.78 is 0. The summed E-state index contributed by atoms with van der Waals surface area (Å²) in [4.78, 5) is 26.2. The number of imide groups is 1. The number of carbonyl (C=O) groups excluding carboxylic acids is 2. The molecule has 1 aliphatic heterocycles. The first-order valence-electron chi connectivity index (χ1n) is 8.90. The lowest BCUT2D eigenvalue weighted by atomic mass is 10.1. The van der Waals surface area contributed by atoms with Crippen LogP contribution < -0.4 is 10.2 Å².